The summed E-state index contributed by atoms with van der Waals surface area (Å²) in [5.74, 6) is 1.10. The molecule has 0 saturated carbocycles. The number of anilines is 2. The van der Waals surface area contributed by atoms with Crippen LogP contribution in [0.3, 0.4) is 0 Å². The van der Waals surface area contributed by atoms with Gasteiger partial charge in [-0.15, -0.1) is 5.10 Å². The van der Waals surface area contributed by atoms with Gasteiger partial charge in [-0.3, -0.25) is 5.32 Å². The molecule has 25 heavy (non-hydrogen) atoms. The van der Waals surface area contributed by atoms with Crippen molar-refractivity contribution in [3.05, 3.63) is 45.9 Å². The Labute approximate surface area is 159 Å². The van der Waals surface area contributed by atoms with Gasteiger partial charge in [0.25, 0.3) is 5.89 Å². The maximum Gasteiger partial charge on any atom is 0.322 e. The number of rotatable bonds is 4. The molecule has 1 N–H and O–H groups in total. The summed E-state index contributed by atoms with van der Waals surface area (Å²) in [5.41, 5.74) is 1.55. The number of nitrogens with one attached hydrogen (secondary N) is 1. The Morgan fingerprint density at radius 2 is 2.12 bits per heavy atom. The monoisotopic (exact) mass is 436 g/mol. The van der Waals surface area contributed by atoms with Crippen molar-refractivity contribution in [3.63, 3.8) is 0 Å². The zero-order valence-electron chi connectivity index (χ0n) is 12.8. The highest BCUT2D eigenvalue weighted by atomic mass is 79.9. The number of para-hydroxylation sites is 1. The van der Waals surface area contributed by atoms with Gasteiger partial charge in [0.2, 0.25) is 0 Å². The van der Waals surface area contributed by atoms with Crippen molar-refractivity contribution >= 4 is 60.2 Å². The SMILES string of the molecule is COc1cccc2sc(Nc3nnc(-c4ccc(Cl)cc4Br)o3)nc12. The quantitative estimate of drug-likeness (QED) is 0.453. The molecule has 0 atom stereocenters. The van der Waals surface area contributed by atoms with E-state index in [0.29, 0.717) is 16.0 Å². The Hall–Kier alpha value is -2.16. The highest BCUT2D eigenvalue weighted by Gasteiger charge is 2.14. The van der Waals surface area contributed by atoms with E-state index in [-0.39, 0.29) is 6.01 Å². The molecule has 2 heterocycles. The van der Waals surface area contributed by atoms with Crippen LogP contribution in [0.2, 0.25) is 5.02 Å². The number of halogens is 2. The number of aromatic nitrogens is 3. The summed E-state index contributed by atoms with van der Waals surface area (Å²) in [6.07, 6.45) is 0. The summed E-state index contributed by atoms with van der Waals surface area (Å²) in [7, 11) is 1.62. The lowest BCUT2D eigenvalue weighted by Gasteiger charge is -1.99. The molecule has 0 aliphatic carbocycles. The smallest absolute Gasteiger partial charge is 0.322 e. The normalized spacial score (nSPS) is 11.0. The lowest BCUT2D eigenvalue weighted by Crippen LogP contribution is -1.89. The van der Waals surface area contributed by atoms with E-state index in [4.69, 9.17) is 20.8 Å². The third-order valence-corrected chi connectivity index (χ3v) is 5.23. The van der Waals surface area contributed by atoms with Gasteiger partial charge in [-0.25, -0.2) is 4.98 Å². The molecule has 0 radical (unpaired) electrons. The van der Waals surface area contributed by atoms with Crippen LogP contribution in [0.1, 0.15) is 0 Å². The number of hydrogen-bond donors (Lipinski definition) is 1. The molecule has 4 rings (SSSR count). The van der Waals surface area contributed by atoms with Crippen LogP contribution in [0.25, 0.3) is 21.7 Å². The molecule has 0 aliphatic rings. The molecule has 0 bridgehead atoms. The average Bonchev–Trinajstić information content (AvgIpc) is 3.21. The minimum atomic E-state index is 0.259. The first-order valence-corrected chi connectivity index (χ1v) is 9.12. The largest absolute Gasteiger partial charge is 0.494 e. The number of methoxy groups -OCH3 is 1. The first kappa shape index (κ1) is 16.3. The molecule has 2 aromatic heterocycles. The van der Waals surface area contributed by atoms with Gasteiger partial charge in [-0.2, -0.15) is 0 Å². The van der Waals surface area contributed by atoms with E-state index in [1.54, 1.807) is 19.2 Å². The highest BCUT2D eigenvalue weighted by Crippen LogP contribution is 2.34. The van der Waals surface area contributed by atoms with Crippen LogP contribution in [-0.2, 0) is 0 Å². The molecule has 0 amide bonds. The second kappa shape index (κ2) is 6.62. The number of nitrogens with zero attached hydrogens (tertiary/aromatic N) is 3. The van der Waals surface area contributed by atoms with Crippen molar-refractivity contribution in [2.45, 2.75) is 0 Å². The molecule has 0 spiro atoms. The Balaban J connectivity index is 1.63. The van der Waals surface area contributed by atoms with Crippen LogP contribution in [0.5, 0.6) is 5.75 Å². The topological polar surface area (TPSA) is 73.1 Å². The predicted octanol–water partition coefficient (Wildman–Crippen LogP) is 5.51. The van der Waals surface area contributed by atoms with Gasteiger partial charge in [-0.05, 0) is 46.3 Å². The van der Waals surface area contributed by atoms with Gasteiger partial charge >= 0.3 is 6.01 Å². The van der Waals surface area contributed by atoms with E-state index < -0.39 is 0 Å². The Morgan fingerprint density at radius 3 is 2.92 bits per heavy atom. The maximum atomic E-state index is 5.95. The fraction of sp³-hybridized carbons (Fsp3) is 0.0625. The highest BCUT2D eigenvalue weighted by molar-refractivity contribution is 9.10. The number of hydrogen-bond acceptors (Lipinski definition) is 7. The van der Waals surface area contributed by atoms with E-state index in [9.17, 15) is 0 Å². The van der Waals surface area contributed by atoms with Crippen molar-refractivity contribution in [1.29, 1.82) is 0 Å². The lowest BCUT2D eigenvalue weighted by molar-refractivity contribution is 0.419. The van der Waals surface area contributed by atoms with Crippen LogP contribution < -0.4 is 10.1 Å². The van der Waals surface area contributed by atoms with E-state index in [1.165, 1.54) is 11.3 Å². The first-order valence-electron chi connectivity index (χ1n) is 7.13. The summed E-state index contributed by atoms with van der Waals surface area (Å²) in [4.78, 5) is 4.52. The Morgan fingerprint density at radius 1 is 1.24 bits per heavy atom. The van der Waals surface area contributed by atoms with E-state index in [1.807, 2.05) is 24.3 Å². The zero-order chi connectivity index (χ0) is 17.4. The number of ether oxygens (including phenoxy) is 1. The number of benzene rings is 2. The van der Waals surface area contributed by atoms with Gasteiger partial charge in [0, 0.05) is 9.50 Å². The van der Waals surface area contributed by atoms with Crippen molar-refractivity contribution in [1.82, 2.24) is 15.2 Å². The van der Waals surface area contributed by atoms with Gasteiger partial charge in [0.15, 0.2) is 5.13 Å². The molecule has 2 aromatic carbocycles. The number of thiazole rings is 1. The van der Waals surface area contributed by atoms with Crippen LogP contribution in [0, 0.1) is 0 Å². The summed E-state index contributed by atoms with van der Waals surface area (Å²) < 4.78 is 12.8. The molecular weight excluding hydrogens is 428 g/mol. The fourth-order valence-corrected chi connectivity index (χ4v) is 4.00. The number of fused-ring (bicyclic) bond motifs is 1. The van der Waals surface area contributed by atoms with Gasteiger partial charge in [0.1, 0.15) is 11.3 Å². The standard InChI is InChI=1S/C16H10BrClN4O2S/c1-23-11-3-2-4-12-13(11)19-16(25-12)20-15-22-21-14(24-15)9-6-5-8(18)7-10(9)17/h2-7H,1H3,(H,19,20,22). The van der Waals surface area contributed by atoms with Gasteiger partial charge in [-0.1, -0.05) is 34.1 Å². The molecule has 0 saturated heterocycles. The van der Waals surface area contributed by atoms with E-state index in [0.717, 1.165) is 26.0 Å². The molecule has 0 fully saturated rings. The average molecular weight is 438 g/mol. The van der Waals surface area contributed by atoms with Crippen molar-refractivity contribution in [2.24, 2.45) is 0 Å². The maximum absolute atomic E-state index is 5.95. The van der Waals surface area contributed by atoms with E-state index >= 15 is 0 Å². The van der Waals surface area contributed by atoms with Crippen molar-refractivity contribution in [2.75, 3.05) is 12.4 Å². The summed E-state index contributed by atoms with van der Waals surface area (Å²) in [5, 5.41) is 12.4. The minimum absolute atomic E-state index is 0.259. The molecule has 0 aliphatic heterocycles. The molecular formula is C16H10BrClN4O2S. The summed E-state index contributed by atoms with van der Waals surface area (Å²) in [6.45, 7) is 0. The minimum Gasteiger partial charge on any atom is -0.494 e. The van der Waals surface area contributed by atoms with Crippen LogP contribution in [0.4, 0.5) is 11.1 Å². The lowest BCUT2D eigenvalue weighted by atomic mass is 10.2. The molecule has 126 valence electrons. The van der Waals surface area contributed by atoms with E-state index in [2.05, 4.69) is 36.4 Å². The summed E-state index contributed by atoms with van der Waals surface area (Å²) in [6, 6.07) is 11.4. The molecule has 6 nitrogen and oxygen atoms in total. The first-order chi connectivity index (χ1) is 12.1. The second-order valence-corrected chi connectivity index (χ2v) is 7.31. The third-order valence-electron chi connectivity index (χ3n) is 3.40. The van der Waals surface area contributed by atoms with Gasteiger partial charge in [0.05, 0.1) is 17.4 Å². The zero-order valence-corrected chi connectivity index (χ0v) is 15.9. The van der Waals surface area contributed by atoms with Crippen LogP contribution >= 0.6 is 38.9 Å². The van der Waals surface area contributed by atoms with Gasteiger partial charge < -0.3 is 9.15 Å². The van der Waals surface area contributed by atoms with Crippen molar-refractivity contribution < 1.29 is 9.15 Å². The predicted molar refractivity (Wildman–Crippen MR) is 102 cm³/mol. The molecule has 4 aromatic rings. The Kier molecular flexibility index (Phi) is 4.32. The second-order valence-electron chi connectivity index (χ2n) is 4.99. The van der Waals surface area contributed by atoms with Crippen LogP contribution in [0.15, 0.2) is 45.3 Å². The molecule has 9 heteroatoms. The molecule has 0 unspecified atom stereocenters. The summed E-state index contributed by atoms with van der Waals surface area (Å²) >= 11 is 10.9. The fourth-order valence-electron chi connectivity index (χ4n) is 2.28. The van der Waals surface area contributed by atoms with Crippen LogP contribution in [-0.4, -0.2) is 22.3 Å². The third kappa shape index (κ3) is 3.20. The Bertz CT molecular complexity index is 1070. The van der Waals surface area contributed by atoms with Crippen molar-refractivity contribution in [3.8, 4) is 17.2 Å².